The minimum absolute atomic E-state index is 0.158. The minimum Gasteiger partial charge on any atom is -0.380 e. The first-order chi connectivity index (χ1) is 7.72. The van der Waals surface area contributed by atoms with Crippen LogP contribution in [0.3, 0.4) is 0 Å². The molecule has 0 heterocycles. The first-order valence-corrected chi connectivity index (χ1v) is 6.55. The Bertz CT molecular complexity index is 171. The molecule has 0 aliphatic carbocycles. The van der Waals surface area contributed by atoms with E-state index < -0.39 is 0 Å². The third-order valence-corrected chi connectivity index (χ3v) is 2.62. The van der Waals surface area contributed by atoms with E-state index in [1.54, 1.807) is 6.92 Å². The Hall–Kier alpha value is -0.570. The quantitative estimate of drug-likeness (QED) is 0.539. The Labute approximate surface area is 100 Å². The van der Waals surface area contributed by atoms with Crippen molar-refractivity contribution in [1.82, 2.24) is 4.90 Å². The minimum atomic E-state index is 0.158. The van der Waals surface area contributed by atoms with Crippen LogP contribution in [-0.4, -0.2) is 37.1 Å². The van der Waals surface area contributed by atoms with Crippen LogP contribution in [0.15, 0.2) is 0 Å². The van der Waals surface area contributed by atoms with Crippen molar-refractivity contribution in [2.45, 2.75) is 52.9 Å². The van der Waals surface area contributed by atoms with Crippen molar-refractivity contribution in [3.63, 3.8) is 0 Å². The van der Waals surface area contributed by atoms with Crippen molar-refractivity contribution >= 4 is 5.91 Å². The third-order valence-electron chi connectivity index (χ3n) is 2.62. The Morgan fingerprint density at radius 1 is 1.00 bits per heavy atom. The predicted molar refractivity (Wildman–Crippen MR) is 67.5 cm³/mol. The second kappa shape index (κ2) is 10.9. The maximum absolute atomic E-state index is 11.3. The van der Waals surface area contributed by atoms with E-state index in [0.29, 0.717) is 6.61 Å². The summed E-state index contributed by atoms with van der Waals surface area (Å²) in [5, 5.41) is 0. The molecule has 0 aliphatic heterocycles. The zero-order valence-corrected chi connectivity index (χ0v) is 11.1. The second-order valence-electron chi connectivity index (χ2n) is 4.18. The van der Waals surface area contributed by atoms with Crippen LogP contribution in [0.2, 0.25) is 0 Å². The molecule has 0 radical (unpaired) electrons. The van der Waals surface area contributed by atoms with Crippen LogP contribution < -0.4 is 0 Å². The van der Waals surface area contributed by atoms with Crippen molar-refractivity contribution in [2.24, 2.45) is 0 Å². The first-order valence-electron chi connectivity index (χ1n) is 6.55. The summed E-state index contributed by atoms with van der Waals surface area (Å²) in [7, 11) is 0. The van der Waals surface area contributed by atoms with Gasteiger partial charge in [-0.3, -0.25) is 4.79 Å². The monoisotopic (exact) mass is 229 g/mol. The van der Waals surface area contributed by atoms with Gasteiger partial charge in [0.25, 0.3) is 0 Å². The molecule has 0 atom stereocenters. The van der Waals surface area contributed by atoms with Crippen LogP contribution in [0.25, 0.3) is 0 Å². The molecule has 0 N–H and O–H groups in total. The highest BCUT2D eigenvalue weighted by Gasteiger charge is 2.06. The Kier molecular flexibility index (Phi) is 10.5. The molecule has 0 aromatic rings. The van der Waals surface area contributed by atoms with Gasteiger partial charge < -0.3 is 9.64 Å². The van der Waals surface area contributed by atoms with Gasteiger partial charge in [0.05, 0.1) is 6.61 Å². The summed E-state index contributed by atoms with van der Waals surface area (Å²) in [6, 6.07) is 0. The van der Waals surface area contributed by atoms with Crippen LogP contribution in [0.5, 0.6) is 0 Å². The fraction of sp³-hybridized carbons (Fsp3) is 0.923. The van der Waals surface area contributed by atoms with E-state index in [-0.39, 0.29) is 5.91 Å². The van der Waals surface area contributed by atoms with Crippen LogP contribution in [0, 0.1) is 0 Å². The number of hydrogen-bond donors (Lipinski definition) is 0. The molecule has 16 heavy (non-hydrogen) atoms. The lowest BCUT2D eigenvalue weighted by Gasteiger charge is -2.20. The molecule has 0 aromatic heterocycles. The maximum Gasteiger partial charge on any atom is 0.219 e. The smallest absolute Gasteiger partial charge is 0.219 e. The van der Waals surface area contributed by atoms with Crippen LogP contribution in [0.1, 0.15) is 52.9 Å². The molecule has 0 saturated carbocycles. The predicted octanol–water partition coefficient (Wildman–Crippen LogP) is 2.84. The van der Waals surface area contributed by atoms with Gasteiger partial charge in [0.2, 0.25) is 5.91 Å². The Balaban J connectivity index is 3.48. The second-order valence-corrected chi connectivity index (χ2v) is 4.18. The average Bonchev–Trinajstić information content (AvgIpc) is 2.26. The van der Waals surface area contributed by atoms with Gasteiger partial charge in [-0.1, -0.05) is 33.1 Å². The summed E-state index contributed by atoms with van der Waals surface area (Å²) < 4.78 is 5.50. The van der Waals surface area contributed by atoms with Gasteiger partial charge in [-0.25, -0.2) is 0 Å². The van der Waals surface area contributed by atoms with Crippen LogP contribution in [-0.2, 0) is 9.53 Å². The molecular weight excluding hydrogens is 202 g/mol. The SMILES string of the molecule is CCCCCOCCN(CCCC)C(C)=O. The topological polar surface area (TPSA) is 29.5 Å². The fourth-order valence-electron chi connectivity index (χ4n) is 1.51. The van der Waals surface area contributed by atoms with E-state index >= 15 is 0 Å². The molecule has 1 amide bonds. The number of carbonyl (C=O) groups excluding carboxylic acids is 1. The number of nitrogens with zero attached hydrogens (tertiary/aromatic N) is 1. The molecule has 3 nitrogen and oxygen atoms in total. The molecule has 0 rings (SSSR count). The molecular formula is C13H27NO2. The number of hydrogen-bond acceptors (Lipinski definition) is 2. The average molecular weight is 229 g/mol. The van der Waals surface area contributed by atoms with Crippen molar-refractivity contribution < 1.29 is 9.53 Å². The molecule has 3 heteroatoms. The van der Waals surface area contributed by atoms with Gasteiger partial charge >= 0.3 is 0 Å². The standard InChI is InChI=1S/C13H27NO2/c1-4-6-8-11-16-12-10-14(13(3)15)9-7-5-2/h4-12H2,1-3H3. The zero-order chi connectivity index (χ0) is 12.2. The number of carbonyl (C=O) groups is 1. The third kappa shape index (κ3) is 8.72. The van der Waals surface area contributed by atoms with E-state index in [9.17, 15) is 4.79 Å². The van der Waals surface area contributed by atoms with E-state index in [4.69, 9.17) is 4.74 Å². The Morgan fingerprint density at radius 3 is 2.25 bits per heavy atom. The summed E-state index contributed by atoms with van der Waals surface area (Å²) in [4.78, 5) is 13.2. The van der Waals surface area contributed by atoms with Crippen molar-refractivity contribution in [3.05, 3.63) is 0 Å². The maximum atomic E-state index is 11.3. The molecule has 0 saturated heterocycles. The number of amides is 1. The lowest BCUT2D eigenvalue weighted by molar-refractivity contribution is -0.129. The van der Waals surface area contributed by atoms with E-state index in [1.807, 2.05) is 4.90 Å². The molecule has 0 fully saturated rings. The highest BCUT2D eigenvalue weighted by atomic mass is 16.5. The van der Waals surface area contributed by atoms with Gasteiger partial charge in [-0.15, -0.1) is 0 Å². The van der Waals surface area contributed by atoms with Gasteiger partial charge in [-0.05, 0) is 12.8 Å². The van der Waals surface area contributed by atoms with Gasteiger partial charge in [0.15, 0.2) is 0 Å². The van der Waals surface area contributed by atoms with Crippen molar-refractivity contribution in [3.8, 4) is 0 Å². The zero-order valence-electron chi connectivity index (χ0n) is 11.1. The molecule has 0 bridgehead atoms. The van der Waals surface area contributed by atoms with Gasteiger partial charge in [0, 0.05) is 26.6 Å². The summed E-state index contributed by atoms with van der Waals surface area (Å²) in [5.41, 5.74) is 0. The summed E-state index contributed by atoms with van der Waals surface area (Å²) >= 11 is 0. The molecule has 0 aliphatic rings. The van der Waals surface area contributed by atoms with Crippen LogP contribution in [0.4, 0.5) is 0 Å². The summed E-state index contributed by atoms with van der Waals surface area (Å²) in [6.45, 7) is 9.06. The van der Waals surface area contributed by atoms with Gasteiger partial charge in [0.1, 0.15) is 0 Å². The van der Waals surface area contributed by atoms with Crippen LogP contribution >= 0.6 is 0 Å². The number of unbranched alkanes of at least 4 members (excludes halogenated alkanes) is 3. The lowest BCUT2D eigenvalue weighted by Crippen LogP contribution is -2.33. The van der Waals surface area contributed by atoms with E-state index in [2.05, 4.69) is 13.8 Å². The fourth-order valence-corrected chi connectivity index (χ4v) is 1.51. The normalized spacial score (nSPS) is 10.4. The van der Waals surface area contributed by atoms with E-state index in [1.165, 1.54) is 12.8 Å². The molecule has 96 valence electrons. The molecule has 0 aromatic carbocycles. The number of ether oxygens (including phenoxy) is 1. The highest BCUT2D eigenvalue weighted by Crippen LogP contribution is 1.97. The first kappa shape index (κ1) is 15.4. The largest absolute Gasteiger partial charge is 0.380 e. The van der Waals surface area contributed by atoms with Crippen molar-refractivity contribution in [1.29, 1.82) is 0 Å². The molecule has 0 unspecified atom stereocenters. The van der Waals surface area contributed by atoms with E-state index in [0.717, 1.165) is 39.0 Å². The molecule has 0 spiro atoms. The Morgan fingerprint density at radius 2 is 1.69 bits per heavy atom. The summed E-state index contributed by atoms with van der Waals surface area (Å²) in [5.74, 6) is 0.158. The highest BCUT2D eigenvalue weighted by molar-refractivity contribution is 5.73. The van der Waals surface area contributed by atoms with Gasteiger partial charge in [-0.2, -0.15) is 0 Å². The van der Waals surface area contributed by atoms with Crippen molar-refractivity contribution in [2.75, 3.05) is 26.3 Å². The summed E-state index contributed by atoms with van der Waals surface area (Å²) in [6.07, 6.45) is 5.79. The number of rotatable bonds is 10. The lowest BCUT2D eigenvalue weighted by atomic mass is 10.3.